The molecule has 0 aliphatic rings. The van der Waals surface area contributed by atoms with Crippen molar-refractivity contribution in [3.63, 3.8) is 0 Å². The van der Waals surface area contributed by atoms with Crippen LogP contribution in [0.15, 0.2) is 0 Å². The van der Waals surface area contributed by atoms with Gasteiger partial charge in [-0.05, 0) is 37.5 Å². The van der Waals surface area contributed by atoms with Crippen LogP contribution in [0.25, 0.3) is 0 Å². The van der Waals surface area contributed by atoms with Crippen molar-refractivity contribution >= 4 is 5.91 Å². The summed E-state index contributed by atoms with van der Waals surface area (Å²) in [5.41, 5.74) is 0. The molecule has 30 heavy (non-hydrogen) atoms. The van der Waals surface area contributed by atoms with Gasteiger partial charge < -0.3 is 24.3 Å². The number of nitrogens with one attached hydrogen (secondary N) is 1. The fourth-order valence-electron chi connectivity index (χ4n) is 3.34. The normalized spacial score (nSPS) is 11.5. The van der Waals surface area contributed by atoms with Gasteiger partial charge in [0.25, 0.3) is 0 Å². The van der Waals surface area contributed by atoms with Gasteiger partial charge >= 0.3 is 0 Å². The first kappa shape index (κ1) is 29.3. The zero-order chi connectivity index (χ0) is 22.3. The molecule has 180 valence electrons. The first-order valence-corrected chi connectivity index (χ1v) is 12.2. The summed E-state index contributed by atoms with van der Waals surface area (Å²) in [5.74, 6) is 1.48. The van der Waals surface area contributed by atoms with E-state index in [1.165, 1.54) is 32.1 Å². The molecular formula is C24H49NO5. The highest BCUT2D eigenvalue weighted by molar-refractivity contribution is 5.77. The SMILES string of the molecule is CCCC(CCC)CCCOCCOCCOCCOCC(=O)NCCCC(C)C. The molecule has 0 saturated heterocycles. The van der Waals surface area contributed by atoms with Crippen LogP contribution in [-0.2, 0) is 23.7 Å². The van der Waals surface area contributed by atoms with Gasteiger partial charge in [0.15, 0.2) is 0 Å². The second kappa shape index (κ2) is 23.0. The number of ether oxygens (including phenoxy) is 4. The van der Waals surface area contributed by atoms with Crippen molar-refractivity contribution in [2.75, 3.05) is 59.4 Å². The Morgan fingerprint density at radius 3 is 1.77 bits per heavy atom. The van der Waals surface area contributed by atoms with Crippen LogP contribution in [0.2, 0.25) is 0 Å². The number of carbonyl (C=O) groups is 1. The van der Waals surface area contributed by atoms with Crippen molar-refractivity contribution in [3.8, 4) is 0 Å². The highest BCUT2D eigenvalue weighted by Gasteiger charge is 2.06. The van der Waals surface area contributed by atoms with Crippen LogP contribution >= 0.6 is 0 Å². The first-order valence-electron chi connectivity index (χ1n) is 12.2. The predicted octanol–water partition coefficient (Wildman–Crippen LogP) is 4.60. The molecule has 0 aromatic rings. The van der Waals surface area contributed by atoms with E-state index in [0.717, 1.165) is 38.3 Å². The lowest BCUT2D eigenvalue weighted by Crippen LogP contribution is -2.29. The van der Waals surface area contributed by atoms with Crippen LogP contribution in [-0.4, -0.2) is 65.3 Å². The maximum Gasteiger partial charge on any atom is 0.245 e. The molecule has 0 heterocycles. The molecular weight excluding hydrogens is 382 g/mol. The Morgan fingerprint density at radius 2 is 1.23 bits per heavy atom. The van der Waals surface area contributed by atoms with Gasteiger partial charge in [-0.1, -0.05) is 53.4 Å². The van der Waals surface area contributed by atoms with Crippen molar-refractivity contribution in [1.82, 2.24) is 5.32 Å². The summed E-state index contributed by atoms with van der Waals surface area (Å²) in [6.07, 6.45) is 9.80. The summed E-state index contributed by atoms with van der Waals surface area (Å²) >= 11 is 0. The van der Waals surface area contributed by atoms with E-state index in [4.69, 9.17) is 18.9 Å². The zero-order valence-corrected chi connectivity index (χ0v) is 20.2. The molecule has 0 rings (SSSR count). The van der Waals surface area contributed by atoms with Gasteiger partial charge in [-0.15, -0.1) is 0 Å². The summed E-state index contributed by atoms with van der Waals surface area (Å²) in [4.78, 5) is 11.6. The van der Waals surface area contributed by atoms with Crippen LogP contribution in [0, 0.1) is 11.8 Å². The Bertz CT molecular complexity index is 360. The van der Waals surface area contributed by atoms with Crippen LogP contribution in [0.1, 0.15) is 79.1 Å². The third-order valence-corrected chi connectivity index (χ3v) is 4.92. The van der Waals surface area contributed by atoms with Crippen molar-refractivity contribution < 1.29 is 23.7 Å². The van der Waals surface area contributed by atoms with Gasteiger partial charge in [-0.3, -0.25) is 4.79 Å². The number of hydrogen-bond acceptors (Lipinski definition) is 5. The van der Waals surface area contributed by atoms with E-state index in [1.54, 1.807) is 0 Å². The van der Waals surface area contributed by atoms with E-state index in [2.05, 4.69) is 33.0 Å². The Kier molecular flexibility index (Phi) is 22.5. The number of hydrogen-bond donors (Lipinski definition) is 1. The lowest BCUT2D eigenvalue weighted by molar-refractivity contribution is -0.126. The van der Waals surface area contributed by atoms with E-state index < -0.39 is 0 Å². The summed E-state index contributed by atoms with van der Waals surface area (Å²) in [7, 11) is 0. The van der Waals surface area contributed by atoms with Crippen LogP contribution < -0.4 is 5.32 Å². The van der Waals surface area contributed by atoms with E-state index in [9.17, 15) is 4.79 Å². The largest absolute Gasteiger partial charge is 0.379 e. The third-order valence-electron chi connectivity index (χ3n) is 4.92. The maximum absolute atomic E-state index is 11.6. The van der Waals surface area contributed by atoms with E-state index >= 15 is 0 Å². The van der Waals surface area contributed by atoms with Gasteiger partial charge in [-0.25, -0.2) is 0 Å². The molecule has 0 aliphatic heterocycles. The molecule has 6 heteroatoms. The molecule has 0 radical (unpaired) electrons. The molecule has 0 atom stereocenters. The number of amides is 1. The minimum Gasteiger partial charge on any atom is -0.379 e. The average Bonchev–Trinajstić information content (AvgIpc) is 2.71. The van der Waals surface area contributed by atoms with E-state index in [-0.39, 0.29) is 12.5 Å². The van der Waals surface area contributed by atoms with Gasteiger partial charge in [0.2, 0.25) is 5.91 Å². The highest BCUT2D eigenvalue weighted by Crippen LogP contribution is 2.19. The summed E-state index contributed by atoms with van der Waals surface area (Å²) in [6, 6.07) is 0. The standard InChI is InChI=1S/C24H49NO5/c1-5-9-23(10-6-2)12-8-14-27-15-16-28-17-18-29-19-20-30-21-24(26)25-13-7-11-22(3)4/h22-23H,5-21H2,1-4H3,(H,25,26). The molecule has 0 unspecified atom stereocenters. The maximum atomic E-state index is 11.6. The van der Waals surface area contributed by atoms with Gasteiger partial charge in [0.05, 0.1) is 39.6 Å². The number of rotatable bonds is 23. The Hall–Kier alpha value is -0.690. The number of carbonyl (C=O) groups excluding carboxylic acids is 1. The lowest BCUT2D eigenvalue weighted by atomic mass is 9.93. The minimum absolute atomic E-state index is 0.0617. The van der Waals surface area contributed by atoms with Gasteiger partial charge in [0, 0.05) is 13.2 Å². The third kappa shape index (κ3) is 22.0. The second-order valence-corrected chi connectivity index (χ2v) is 8.36. The summed E-state index contributed by atoms with van der Waals surface area (Å²) in [6.45, 7) is 13.7. The second-order valence-electron chi connectivity index (χ2n) is 8.36. The zero-order valence-electron chi connectivity index (χ0n) is 20.2. The summed E-state index contributed by atoms with van der Waals surface area (Å²) < 4.78 is 21.9. The van der Waals surface area contributed by atoms with Crippen LogP contribution in [0.4, 0.5) is 0 Å². The molecule has 1 N–H and O–H groups in total. The van der Waals surface area contributed by atoms with Crippen molar-refractivity contribution in [1.29, 1.82) is 0 Å². The van der Waals surface area contributed by atoms with E-state index in [0.29, 0.717) is 45.6 Å². The first-order chi connectivity index (χ1) is 14.6. The monoisotopic (exact) mass is 431 g/mol. The molecule has 0 bridgehead atoms. The molecule has 0 fully saturated rings. The fourth-order valence-corrected chi connectivity index (χ4v) is 3.34. The molecule has 0 spiro atoms. The van der Waals surface area contributed by atoms with Gasteiger partial charge in [0.1, 0.15) is 6.61 Å². The highest BCUT2D eigenvalue weighted by atomic mass is 16.6. The summed E-state index contributed by atoms with van der Waals surface area (Å²) in [5, 5.41) is 2.86. The lowest BCUT2D eigenvalue weighted by Gasteiger charge is -2.14. The van der Waals surface area contributed by atoms with E-state index in [1.807, 2.05) is 0 Å². The molecule has 0 saturated carbocycles. The van der Waals surface area contributed by atoms with Gasteiger partial charge in [-0.2, -0.15) is 0 Å². The average molecular weight is 432 g/mol. The molecule has 6 nitrogen and oxygen atoms in total. The Balaban J connectivity index is 3.25. The predicted molar refractivity (Wildman–Crippen MR) is 123 cm³/mol. The quantitative estimate of drug-likeness (QED) is 0.240. The minimum atomic E-state index is -0.0617. The molecule has 0 aromatic heterocycles. The molecule has 0 aromatic carbocycles. The van der Waals surface area contributed by atoms with Crippen molar-refractivity contribution in [3.05, 3.63) is 0 Å². The van der Waals surface area contributed by atoms with Crippen LogP contribution in [0.5, 0.6) is 0 Å². The smallest absolute Gasteiger partial charge is 0.245 e. The van der Waals surface area contributed by atoms with Crippen molar-refractivity contribution in [2.24, 2.45) is 11.8 Å². The Morgan fingerprint density at radius 1 is 0.700 bits per heavy atom. The van der Waals surface area contributed by atoms with Crippen molar-refractivity contribution in [2.45, 2.75) is 79.1 Å². The topological polar surface area (TPSA) is 66.0 Å². The molecule has 0 aliphatic carbocycles. The fraction of sp³-hybridized carbons (Fsp3) is 0.958. The van der Waals surface area contributed by atoms with Crippen LogP contribution in [0.3, 0.4) is 0 Å². The molecule has 1 amide bonds. The Labute approximate surface area is 185 Å².